The third-order valence-corrected chi connectivity index (χ3v) is 3.88. The molecule has 3 aromatic rings. The van der Waals surface area contributed by atoms with Gasteiger partial charge in [0.15, 0.2) is 11.5 Å². The van der Waals surface area contributed by atoms with Crippen LogP contribution in [0.2, 0.25) is 5.02 Å². The first-order chi connectivity index (χ1) is 11.2. The van der Waals surface area contributed by atoms with Gasteiger partial charge in [0.2, 0.25) is 0 Å². The monoisotopic (exact) mass is 329 g/mol. The van der Waals surface area contributed by atoms with Crippen molar-refractivity contribution in [2.75, 3.05) is 14.2 Å². The van der Waals surface area contributed by atoms with Crippen molar-refractivity contribution in [1.29, 1.82) is 0 Å². The number of hydrogen-bond acceptors (Lipinski definition) is 4. The van der Waals surface area contributed by atoms with Gasteiger partial charge < -0.3 is 14.6 Å². The summed E-state index contributed by atoms with van der Waals surface area (Å²) in [6, 6.07) is 13.1. The van der Waals surface area contributed by atoms with Crippen LogP contribution in [-0.2, 0) is 6.61 Å². The van der Waals surface area contributed by atoms with E-state index in [0.717, 1.165) is 22.0 Å². The minimum absolute atomic E-state index is 0.141. The van der Waals surface area contributed by atoms with Crippen molar-refractivity contribution in [3.8, 4) is 22.8 Å². The predicted octanol–water partition coefficient (Wildman–Crippen LogP) is 4.06. The highest BCUT2D eigenvalue weighted by Gasteiger charge is 2.13. The molecule has 0 aliphatic heterocycles. The molecule has 0 saturated carbocycles. The molecule has 0 aliphatic carbocycles. The van der Waals surface area contributed by atoms with Crippen molar-refractivity contribution in [1.82, 2.24) is 4.98 Å². The zero-order valence-corrected chi connectivity index (χ0v) is 13.6. The summed E-state index contributed by atoms with van der Waals surface area (Å²) < 4.78 is 10.7. The summed E-state index contributed by atoms with van der Waals surface area (Å²) in [5, 5.41) is 12.0. The summed E-state index contributed by atoms with van der Waals surface area (Å²) >= 11 is 6.10. The summed E-state index contributed by atoms with van der Waals surface area (Å²) in [5.74, 6) is 1.26. The molecule has 0 amide bonds. The molecule has 0 aliphatic rings. The van der Waals surface area contributed by atoms with Crippen LogP contribution in [-0.4, -0.2) is 24.3 Å². The van der Waals surface area contributed by atoms with Crippen molar-refractivity contribution in [3.63, 3.8) is 0 Å². The zero-order chi connectivity index (χ0) is 16.4. The standard InChI is InChI=1S/C18H16ClNO3/c1-22-16-8-12-7-14(10-21)20-18(15(12)9-17(16)23-2)11-4-3-5-13(19)6-11/h3-9,21H,10H2,1-2H3. The highest BCUT2D eigenvalue weighted by molar-refractivity contribution is 6.30. The molecular weight excluding hydrogens is 314 g/mol. The number of aliphatic hydroxyl groups is 1. The van der Waals surface area contributed by atoms with Crippen molar-refractivity contribution < 1.29 is 14.6 Å². The molecule has 0 atom stereocenters. The minimum Gasteiger partial charge on any atom is -0.493 e. The maximum absolute atomic E-state index is 9.51. The van der Waals surface area contributed by atoms with Gasteiger partial charge in [0.1, 0.15) is 0 Å². The minimum atomic E-state index is -0.141. The number of pyridine rings is 1. The van der Waals surface area contributed by atoms with Gasteiger partial charge >= 0.3 is 0 Å². The summed E-state index contributed by atoms with van der Waals surface area (Å²) in [7, 11) is 3.19. The number of ether oxygens (including phenoxy) is 2. The van der Waals surface area contributed by atoms with Crippen LogP contribution in [0, 0.1) is 0 Å². The first kappa shape index (κ1) is 15.6. The molecule has 1 N–H and O–H groups in total. The molecular formula is C18H16ClNO3. The summed E-state index contributed by atoms with van der Waals surface area (Å²) in [6.45, 7) is -0.141. The van der Waals surface area contributed by atoms with Crippen LogP contribution in [0.5, 0.6) is 11.5 Å². The molecule has 118 valence electrons. The van der Waals surface area contributed by atoms with Crippen molar-refractivity contribution in [3.05, 3.63) is 53.2 Å². The van der Waals surface area contributed by atoms with Gasteiger partial charge in [-0.15, -0.1) is 0 Å². The van der Waals surface area contributed by atoms with Gasteiger partial charge in [-0.3, -0.25) is 0 Å². The summed E-state index contributed by atoms with van der Waals surface area (Å²) in [5.41, 5.74) is 2.21. The smallest absolute Gasteiger partial charge is 0.161 e. The number of halogens is 1. The fourth-order valence-electron chi connectivity index (χ4n) is 2.57. The molecule has 3 rings (SSSR count). The molecule has 0 radical (unpaired) electrons. The van der Waals surface area contributed by atoms with Gasteiger partial charge in [-0.05, 0) is 35.7 Å². The molecule has 1 aromatic heterocycles. The lowest BCUT2D eigenvalue weighted by molar-refractivity contribution is 0.277. The Hall–Kier alpha value is -2.30. The van der Waals surface area contributed by atoms with E-state index in [4.69, 9.17) is 21.1 Å². The maximum atomic E-state index is 9.51. The summed E-state index contributed by atoms with van der Waals surface area (Å²) in [6.07, 6.45) is 0. The lowest BCUT2D eigenvalue weighted by Gasteiger charge is -2.13. The van der Waals surface area contributed by atoms with Crippen LogP contribution in [0.1, 0.15) is 5.69 Å². The zero-order valence-electron chi connectivity index (χ0n) is 12.8. The average Bonchev–Trinajstić information content (AvgIpc) is 2.59. The molecule has 23 heavy (non-hydrogen) atoms. The Balaban J connectivity index is 2.34. The molecule has 0 unspecified atom stereocenters. The number of aromatic nitrogens is 1. The molecule has 0 bridgehead atoms. The molecule has 0 fully saturated rings. The van der Waals surface area contributed by atoms with Crippen LogP contribution >= 0.6 is 11.6 Å². The molecule has 0 saturated heterocycles. The lowest BCUT2D eigenvalue weighted by atomic mass is 10.0. The van der Waals surface area contributed by atoms with E-state index >= 15 is 0 Å². The number of rotatable bonds is 4. The fourth-order valence-corrected chi connectivity index (χ4v) is 2.76. The maximum Gasteiger partial charge on any atom is 0.161 e. The Labute approximate surface area is 139 Å². The second kappa shape index (κ2) is 6.44. The third kappa shape index (κ3) is 2.96. The topological polar surface area (TPSA) is 51.6 Å². The van der Waals surface area contributed by atoms with Crippen LogP contribution < -0.4 is 9.47 Å². The molecule has 0 spiro atoms. The van der Waals surface area contributed by atoms with E-state index in [1.54, 1.807) is 14.2 Å². The van der Waals surface area contributed by atoms with Gasteiger partial charge in [-0.2, -0.15) is 0 Å². The third-order valence-electron chi connectivity index (χ3n) is 3.65. The van der Waals surface area contributed by atoms with E-state index in [-0.39, 0.29) is 6.61 Å². The number of fused-ring (bicyclic) bond motifs is 1. The van der Waals surface area contributed by atoms with Gasteiger partial charge in [-0.1, -0.05) is 23.7 Å². The van der Waals surface area contributed by atoms with Gasteiger partial charge in [-0.25, -0.2) is 4.98 Å². The van der Waals surface area contributed by atoms with Gasteiger partial charge in [0.25, 0.3) is 0 Å². The largest absolute Gasteiger partial charge is 0.493 e. The number of methoxy groups -OCH3 is 2. The number of aliphatic hydroxyl groups excluding tert-OH is 1. The van der Waals surface area contributed by atoms with Gasteiger partial charge in [0, 0.05) is 16.0 Å². The van der Waals surface area contributed by atoms with E-state index < -0.39 is 0 Å². The van der Waals surface area contributed by atoms with E-state index in [0.29, 0.717) is 22.2 Å². The second-order valence-corrected chi connectivity index (χ2v) is 5.50. The quantitative estimate of drug-likeness (QED) is 0.784. The first-order valence-electron chi connectivity index (χ1n) is 7.08. The van der Waals surface area contributed by atoms with Gasteiger partial charge in [0.05, 0.1) is 32.2 Å². The molecule has 2 aromatic carbocycles. The van der Waals surface area contributed by atoms with Crippen LogP contribution in [0.3, 0.4) is 0 Å². The van der Waals surface area contributed by atoms with Crippen molar-refractivity contribution in [2.45, 2.75) is 6.61 Å². The molecule has 5 heteroatoms. The van der Waals surface area contributed by atoms with Crippen molar-refractivity contribution in [2.24, 2.45) is 0 Å². The normalized spacial score (nSPS) is 10.8. The predicted molar refractivity (Wildman–Crippen MR) is 91.2 cm³/mol. The van der Waals surface area contributed by atoms with E-state index in [2.05, 4.69) is 4.98 Å². The molecule has 4 nitrogen and oxygen atoms in total. The highest BCUT2D eigenvalue weighted by atomic mass is 35.5. The summed E-state index contributed by atoms with van der Waals surface area (Å²) in [4.78, 5) is 4.56. The Kier molecular flexibility index (Phi) is 4.37. The fraction of sp³-hybridized carbons (Fsp3) is 0.167. The first-order valence-corrected chi connectivity index (χ1v) is 7.46. The number of benzene rings is 2. The van der Waals surface area contributed by atoms with E-state index in [1.165, 1.54) is 0 Å². The Morgan fingerprint density at radius 2 is 1.78 bits per heavy atom. The Morgan fingerprint density at radius 3 is 2.43 bits per heavy atom. The number of nitrogens with zero attached hydrogens (tertiary/aromatic N) is 1. The van der Waals surface area contributed by atoms with Crippen LogP contribution in [0.25, 0.3) is 22.0 Å². The van der Waals surface area contributed by atoms with E-state index in [1.807, 2.05) is 42.5 Å². The second-order valence-electron chi connectivity index (χ2n) is 5.06. The van der Waals surface area contributed by atoms with E-state index in [9.17, 15) is 5.11 Å². The van der Waals surface area contributed by atoms with Crippen molar-refractivity contribution >= 4 is 22.4 Å². The average molecular weight is 330 g/mol. The van der Waals surface area contributed by atoms with Crippen LogP contribution in [0.15, 0.2) is 42.5 Å². The molecule has 1 heterocycles. The SMILES string of the molecule is COc1cc2cc(CO)nc(-c3cccc(Cl)c3)c2cc1OC. The Morgan fingerprint density at radius 1 is 1.04 bits per heavy atom. The number of hydrogen-bond donors (Lipinski definition) is 1. The highest BCUT2D eigenvalue weighted by Crippen LogP contribution is 2.37. The Bertz CT molecular complexity index is 864. The lowest BCUT2D eigenvalue weighted by Crippen LogP contribution is -1.96. The van der Waals surface area contributed by atoms with Crippen LogP contribution in [0.4, 0.5) is 0 Å².